The first-order chi connectivity index (χ1) is 14.7. The van der Waals surface area contributed by atoms with Crippen LogP contribution in [0.3, 0.4) is 0 Å². The number of rotatable bonds is 5. The highest BCUT2D eigenvalue weighted by Gasteiger charge is 2.24. The van der Waals surface area contributed by atoms with Crippen molar-refractivity contribution >= 4 is 28.4 Å². The number of hydrogen-bond donors (Lipinski definition) is 2. The third-order valence-electron chi connectivity index (χ3n) is 4.73. The number of aromatic nitrogens is 4. The molecule has 4 heterocycles. The van der Waals surface area contributed by atoms with Gasteiger partial charge in [-0.05, 0) is 24.3 Å². The maximum absolute atomic E-state index is 14.5. The lowest BCUT2D eigenvalue weighted by molar-refractivity contribution is 0.423. The summed E-state index contributed by atoms with van der Waals surface area (Å²) < 4.78 is 20.0. The molecule has 0 spiro atoms. The van der Waals surface area contributed by atoms with E-state index in [2.05, 4.69) is 30.2 Å². The number of pyridine rings is 2. The summed E-state index contributed by atoms with van der Waals surface area (Å²) in [7, 11) is 0. The van der Waals surface area contributed by atoms with Crippen LogP contribution in [0, 0.1) is 5.82 Å². The standard InChI is InChI=1S/C21H18FN7O/c22-16-8-14(9-24-21(16)30-15-4-2-1-3-5-15)27-20-19-17(25-12-26-20)6-7-18(28-19)29-10-13(23)11-29/h1-9,12-13H,10-11,23H2,(H,25,26,27). The predicted octanol–water partition coefficient (Wildman–Crippen LogP) is 3.24. The number of fused-ring (bicyclic) bond motifs is 1. The molecule has 1 saturated heterocycles. The summed E-state index contributed by atoms with van der Waals surface area (Å²) in [6.07, 6.45) is 2.91. The number of nitrogens with zero attached hydrogens (tertiary/aromatic N) is 5. The first-order valence-electron chi connectivity index (χ1n) is 9.43. The van der Waals surface area contributed by atoms with Crippen LogP contribution >= 0.6 is 0 Å². The fraction of sp³-hybridized carbons (Fsp3) is 0.143. The van der Waals surface area contributed by atoms with E-state index in [0.29, 0.717) is 28.3 Å². The highest BCUT2D eigenvalue weighted by Crippen LogP contribution is 2.28. The Morgan fingerprint density at radius 2 is 1.90 bits per heavy atom. The fourth-order valence-corrected chi connectivity index (χ4v) is 3.20. The number of ether oxygens (including phenoxy) is 1. The Kier molecular flexibility index (Phi) is 4.56. The van der Waals surface area contributed by atoms with Crippen molar-refractivity contribution in [2.24, 2.45) is 5.73 Å². The molecule has 1 fully saturated rings. The number of nitrogens with one attached hydrogen (secondary N) is 1. The van der Waals surface area contributed by atoms with Gasteiger partial charge in [-0.15, -0.1) is 0 Å². The van der Waals surface area contributed by atoms with Crippen LogP contribution in [0.25, 0.3) is 11.0 Å². The van der Waals surface area contributed by atoms with Gasteiger partial charge in [-0.25, -0.2) is 24.3 Å². The van der Waals surface area contributed by atoms with Gasteiger partial charge in [0.2, 0.25) is 0 Å². The minimum absolute atomic E-state index is 0.103. The SMILES string of the molecule is NC1CN(c2ccc3ncnc(Nc4cnc(Oc5ccccc5)c(F)c4)c3n2)C1. The third kappa shape index (κ3) is 3.58. The van der Waals surface area contributed by atoms with Crippen molar-refractivity contribution < 1.29 is 9.13 Å². The number of halogens is 1. The van der Waals surface area contributed by atoms with Crippen molar-refractivity contribution in [1.29, 1.82) is 0 Å². The maximum Gasteiger partial charge on any atom is 0.256 e. The number of anilines is 3. The molecule has 0 aliphatic carbocycles. The molecule has 0 saturated carbocycles. The Balaban J connectivity index is 1.41. The summed E-state index contributed by atoms with van der Waals surface area (Å²) in [6, 6.07) is 14.2. The van der Waals surface area contributed by atoms with Crippen molar-refractivity contribution in [2.75, 3.05) is 23.3 Å². The molecule has 9 heteroatoms. The van der Waals surface area contributed by atoms with Gasteiger partial charge in [-0.3, -0.25) is 0 Å². The summed E-state index contributed by atoms with van der Waals surface area (Å²) in [5, 5.41) is 3.07. The van der Waals surface area contributed by atoms with Gasteiger partial charge >= 0.3 is 0 Å². The largest absolute Gasteiger partial charge is 0.436 e. The van der Waals surface area contributed by atoms with Gasteiger partial charge in [0.1, 0.15) is 23.4 Å². The van der Waals surface area contributed by atoms with E-state index in [1.54, 1.807) is 24.3 Å². The van der Waals surface area contributed by atoms with E-state index in [9.17, 15) is 4.39 Å². The summed E-state index contributed by atoms with van der Waals surface area (Å²) >= 11 is 0. The molecule has 4 aromatic rings. The van der Waals surface area contributed by atoms with Crippen LogP contribution in [0.4, 0.5) is 21.7 Å². The Bertz CT molecular complexity index is 1200. The lowest BCUT2D eigenvalue weighted by atomic mass is 10.1. The minimum atomic E-state index is -0.592. The Morgan fingerprint density at radius 1 is 1.07 bits per heavy atom. The van der Waals surface area contributed by atoms with E-state index in [1.807, 2.05) is 18.2 Å². The molecule has 150 valence electrons. The first-order valence-corrected chi connectivity index (χ1v) is 9.43. The number of benzene rings is 1. The second-order valence-electron chi connectivity index (χ2n) is 6.98. The molecule has 1 aromatic carbocycles. The second kappa shape index (κ2) is 7.53. The van der Waals surface area contributed by atoms with Gasteiger partial charge in [-0.2, -0.15) is 0 Å². The summed E-state index contributed by atoms with van der Waals surface area (Å²) in [5.74, 6) is 1.08. The molecule has 30 heavy (non-hydrogen) atoms. The van der Waals surface area contributed by atoms with E-state index in [4.69, 9.17) is 10.5 Å². The number of nitrogens with two attached hydrogens (primary N) is 1. The van der Waals surface area contributed by atoms with Crippen LogP contribution < -0.4 is 20.7 Å². The van der Waals surface area contributed by atoms with Gasteiger partial charge in [0.25, 0.3) is 5.88 Å². The monoisotopic (exact) mass is 403 g/mol. The molecule has 0 bridgehead atoms. The molecule has 0 atom stereocenters. The van der Waals surface area contributed by atoms with Crippen LogP contribution in [0.1, 0.15) is 0 Å². The zero-order valence-electron chi connectivity index (χ0n) is 15.9. The molecule has 5 rings (SSSR count). The minimum Gasteiger partial charge on any atom is -0.436 e. The molecule has 0 amide bonds. The van der Waals surface area contributed by atoms with Crippen LogP contribution in [0.2, 0.25) is 0 Å². The second-order valence-corrected chi connectivity index (χ2v) is 6.98. The topological polar surface area (TPSA) is 102 Å². The quantitative estimate of drug-likeness (QED) is 0.524. The Hall–Kier alpha value is -3.85. The smallest absolute Gasteiger partial charge is 0.256 e. The highest BCUT2D eigenvalue weighted by molar-refractivity contribution is 5.88. The van der Waals surface area contributed by atoms with Crippen molar-refractivity contribution in [3.05, 3.63) is 66.9 Å². The third-order valence-corrected chi connectivity index (χ3v) is 4.73. The van der Waals surface area contributed by atoms with Gasteiger partial charge in [0.05, 0.1) is 17.4 Å². The van der Waals surface area contributed by atoms with E-state index >= 15 is 0 Å². The van der Waals surface area contributed by atoms with E-state index < -0.39 is 5.82 Å². The molecule has 0 radical (unpaired) electrons. The molecule has 1 aliphatic heterocycles. The van der Waals surface area contributed by atoms with Crippen molar-refractivity contribution in [2.45, 2.75) is 6.04 Å². The molecular weight excluding hydrogens is 385 g/mol. The average Bonchev–Trinajstić information content (AvgIpc) is 2.74. The van der Waals surface area contributed by atoms with Crippen LogP contribution in [-0.4, -0.2) is 39.1 Å². The zero-order valence-corrected chi connectivity index (χ0v) is 15.9. The Labute approximate surface area is 171 Å². The van der Waals surface area contributed by atoms with E-state index in [1.165, 1.54) is 18.6 Å². The number of hydrogen-bond acceptors (Lipinski definition) is 8. The van der Waals surface area contributed by atoms with Crippen LogP contribution in [-0.2, 0) is 0 Å². The zero-order chi connectivity index (χ0) is 20.5. The molecule has 0 unspecified atom stereocenters. The normalized spacial score (nSPS) is 13.9. The van der Waals surface area contributed by atoms with Gasteiger partial charge in [-0.1, -0.05) is 18.2 Å². The first kappa shape index (κ1) is 18.2. The van der Waals surface area contributed by atoms with E-state index in [0.717, 1.165) is 18.9 Å². The fourth-order valence-electron chi connectivity index (χ4n) is 3.20. The maximum atomic E-state index is 14.5. The van der Waals surface area contributed by atoms with Gasteiger partial charge in [0, 0.05) is 25.2 Å². The van der Waals surface area contributed by atoms with E-state index in [-0.39, 0.29) is 11.9 Å². The summed E-state index contributed by atoms with van der Waals surface area (Å²) in [6.45, 7) is 1.51. The van der Waals surface area contributed by atoms with Crippen LogP contribution in [0.15, 0.2) is 61.1 Å². The van der Waals surface area contributed by atoms with Crippen molar-refractivity contribution in [3.63, 3.8) is 0 Å². The molecule has 3 N–H and O–H groups in total. The predicted molar refractivity (Wildman–Crippen MR) is 112 cm³/mol. The van der Waals surface area contributed by atoms with Crippen molar-refractivity contribution in [1.82, 2.24) is 19.9 Å². The highest BCUT2D eigenvalue weighted by atomic mass is 19.1. The number of para-hydroxylation sites is 1. The lowest BCUT2D eigenvalue weighted by Crippen LogP contribution is -2.56. The van der Waals surface area contributed by atoms with Crippen LogP contribution in [0.5, 0.6) is 11.6 Å². The molecule has 1 aliphatic rings. The Morgan fingerprint density at radius 3 is 2.67 bits per heavy atom. The van der Waals surface area contributed by atoms with Gasteiger partial charge < -0.3 is 20.7 Å². The lowest BCUT2D eigenvalue weighted by Gasteiger charge is -2.37. The molecular formula is C21H18FN7O. The summed E-state index contributed by atoms with van der Waals surface area (Å²) in [5.41, 5.74) is 7.55. The molecule has 8 nitrogen and oxygen atoms in total. The van der Waals surface area contributed by atoms with Crippen molar-refractivity contribution in [3.8, 4) is 11.6 Å². The summed E-state index contributed by atoms with van der Waals surface area (Å²) in [4.78, 5) is 19.4. The van der Waals surface area contributed by atoms with Gasteiger partial charge in [0.15, 0.2) is 11.6 Å². The molecule has 3 aromatic heterocycles. The average molecular weight is 403 g/mol.